The number of hydrogen-bond acceptors (Lipinski definition) is 5. The van der Waals surface area contributed by atoms with Crippen molar-refractivity contribution in [3.05, 3.63) is 34.9 Å². The highest BCUT2D eigenvalue weighted by Crippen LogP contribution is 2.34. The molecule has 0 aromatic heterocycles. The molecule has 3 rings (SSSR count). The molecule has 5 N–H and O–H groups in total. The van der Waals surface area contributed by atoms with Crippen LogP contribution in [0.15, 0.2) is 23.2 Å². The average molecular weight is 416 g/mol. The van der Waals surface area contributed by atoms with Crippen molar-refractivity contribution in [1.82, 2.24) is 15.5 Å². The number of rotatable bonds is 7. The second-order valence-corrected chi connectivity index (χ2v) is 8.83. The standard InChI is InChI=1S/C23H37N5O2/c1-5-20(24)27-19(13-25-3)23(2)21(29)18(14-28(23)4)26-22(30)17-12-8-10-15-9-6-7-11-16(15)17/h8,10,12,18-19,21,25,29H,5-7,9,11,13-14H2,1-4H3,(H2,24,27)(H,26,30). The topological polar surface area (TPSA) is 103 Å². The van der Waals surface area contributed by atoms with E-state index in [2.05, 4.69) is 26.6 Å². The fourth-order valence-electron chi connectivity index (χ4n) is 4.91. The normalized spacial score (nSPS) is 28.2. The molecule has 7 nitrogen and oxygen atoms in total. The number of aryl methyl sites for hydroxylation is 1. The van der Waals surface area contributed by atoms with Gasteiger partial charge in [0.2, 0.25) is 0 Å². The van der Waals surface area contributed by atoms with Gasteiger partial charge in [0.15, 0.2) is 0 Å². The molecule has 0 radical (unpaired) electrons. The predicted octanol–water partition coefficient (Wildman–Crippen LogP) is 1.08. The molecule has 0 bridgehead atoms. The van der Waals surface area contributed by atoms with Crippen LogP contribution in [0.3, 0.4) is 0 Å². The summed E-state index contributed by atoms with van der Waals surface area (Å²) in [5.41, 5.74) is 8.58. The summed E-state index contributed by atoms with van der Waals surface area (Å²) >= 11 is 0. The van der Waals surface area contributed by atoms with Crippen LogP contribution >= 0.6 is 0 Å². The quantitative estimate of drug-likeness (QED) is 0.394. The molecule has 1 fully saturated rings. The van der Waals surface area contributed by atoms with Crippen molar-refractivity contribution in [2.24, 2.45) is 10.7 Å². The summed E-state index contributed by atoms with van der Waals surface area (Å²) in [7, 11) is 3.84. The molecule has 1 saturated heterocycles. The van der Waals surface area contributed by atoms with E-state index in [9.17, 15) is 9.90 Å². The van der Waals surface area contributed by atoms with Gasteiger partial charge in [-0.05, 0) is 63.9 Å². The van der Waals surface area contributed by atoms with Crippen LogP contribution in [-0.4, -0.2) is 72.7 Å². The Kier molecular flexibility index (Phi) is 7.16. The largest absolute Gasteiger partial charge is 0.389 e. The fraction of sp³-hybridized carbons (Fsp3) is 0.652. The van der Waals surface area contributed by atoms with E-state index in [1.165, 1.54) is 17.5 Å². The summed E-state index contributed by atoms with van der Waals surface area (Å²) in [6.45, 7) is 5.12. The first-order chi connectivity index (χ1) is 14.3. The number of nitrogens with zero attached hydrogens (tertiary/aromatic N) is 2. The van der Waals surface area contributed by atoms with Crippen molar-refractivity contribution in [1.29, 1.82) is 0 Å². The van der Waals surface area contributed by atoms with Gasteiger partial charge in [-0.3, -0.25) is 14.7 Å². The lowest BCUT2D eigenvalue weighted by Gasteiger charge is -2.40. The highest BCUT2D eigenvalue weighted by atomic mass is 16.3. The first kappa shape index (κ1) is 22.7. The second kappa shape index (κ2) is 9.45. The van der Waals surface area contributed by atoms with Gasteiger partial charge in [0.25, 0.3) is 5.91 Å². The zero-order valence-corrected chi connectivity index (χ0v) is 18.7. The van der Waals surface area contributed by atoms with E-state index in [1.807, 2.05) is 40.1 Å². The zero-order valence-electron chi connectivity index (χ0n) is 18.7. The molecule has 1 amide bonds. The number of likely N-dealkylation sites (N-methyl/N-ethyl adjacent to an activating group) is 2. The van der Waals surface area contributed by atoms with E-state index in [0.717, 1.165) is 24.8 Å². The second-order valence-electron chi connectivity index (χ2n) is 8.83. The number of benzene rings is 1. The van der Waals surface area contributed by atoms with E-state index >= 15 is 0 Å². The van der Waals surface area contributed by atoms with Crippen LogP contribution in [0.1, 0.15) is 54.6 Å². The van der Waals surface area contributed by atoms with Gasteiger partial charge in [0, 0.05) is 25.1 Å². The minimum absolute atomic E-state index is 0.0998. The summed E-state index contributed by atoms with van der Waals surface area (Å²) in [6, 6.07) is 5.39. The highest BCUT2D eigenvalue weighted by Gasteiger charge is 2.53. The Morgan fingerprint density at radius 3 is 2.83 bits per heavy atom. The zero-order chi connectivity index (χ0) is 21.9. The number of aliphatic hydroxyl groups excluding tert-OH is 1. The number of nitrogens with one attached hydrogen (secondary N) is 2. The highest BCUT2D eigenvalue weighted by molar-refractivity contribution is 5.96. The van der Waals surface area contributed by atoms with Crippen molar-refractivity contribution < 1.29 is 9.90 Å². The summed E-state index contributed by atoms with van der Waals surface area (Å²) in [6.07, 6.45) is 4.17. The Hall–Kier alpha value is -1.96. The molecule has 1 aliphatic heterocycles. The Morgan fingerprint density at radius 1 is 1.40 bits per heavy atom. The number of amidine groups is 1. The van der Waals surface area contributed by atoms with E-state index in [0.29, 0.717) is 25.3 Å². The Balaban J connectivity index is 1.81. The monoisotopic (exact) mass is 415 g/mol. The Labute approximate surface area is 180 Å². The molecule has 1 aromatic rings. The van der Waals surface area contributed by atoms with E-state index in [1.54, 1.807) is 0 Å². The van der Waals surface area contributed by atoms with Crippen LogP contribution < -0.4 is 16.4 Å². The molecule has 166 valence electrons. The number of carbonyl (C=O) groups is 1. The number of aliphatic hydroxyl groups is 1. The molecule has 4 unspecified atom stereocenters. The lowest BCUT2D eigenvalue weighted by molar-refractivity contribution is 0.0270. The molecular weight excluding hydrogens is 378 g/mol. The number of hydrogen-bond donors (Lipinski definition) is 4. The third kappa shape index (κ3) is 4.24. The van der Waals surface area contributed by atoms with Crippen molar-refractivity contribution in [3.8, 4) is 0 Å². The summed E-state index contributed by atoms with van der Waals surface area (Å²) in [5, 5.41) is 17.6. The van der Waals surface area contributed by atoms with Gasteiger partial charge in [-0.25, -0.2) is 0 Å². The first-order valence-electron chi connectivity index (χ1n) is 11.1. The number of nitrogens with two attached hydrogens (primary N) is 1. The van der Waals surface area contributed by atoms with E-state index in [4.69, 9.17) is 5.73 Å². The molecular formula is C23H37N5O2. The summed E-state index contributed by atoms with van der Waals surface area (Å²) < 4.78 is 0. The van der Waals surface area contributed by atoms with E-state index in [-0.39, 0.29) is 18.0 Å². The van der Waals surface area contributed by atoms with Gasteiger partial charge < -0.3 is 21.5 Å². The maximum Gasteiger partial charge on any atom is 0.251 e. The smallest absolute Gasteiger partial charge is 0.251 e. The summed E-state index contributed by atoms with van der Waals surface area (Å²) in [4.78, 5) is 19.9. The van der Waals surface area contributed by atoms with Gasteiger partial charge >= 0.3 is 0 Å². The average Bonchev–Trinajstić information content (AvgIpc) is 2.97. The van der Waals surface area contributed by atoms with Crippen molar-refractivity contribution >= 4 is 11.7 Å². The van der Waals surface area contributed by atoms with Gasteiger partial charge in [-0.2, -0.15) is 0 Å². The van der Waals surface area contributed by atoms with Crippen molar-refractivity contribution in [2.75, 3.05) is 27.2 Å². The lowest BCUT2D eigenvalue weighted by Crippen LogP contribution is -2.59. The maximum absolute atomic E-state index is 13.2. The number of amides is 1. The first-order valence-corrected chi connectivity index (χ1v) is 11.1. The van der Waals surface area contributed by atoms with Crippen LogP contribution in [0, 0.1) is 0 Å². The number of aliphatic imine (C=N–C) groups is 1. The van der Waals surface area contributed by atoms with Crippen LogP contribution in [0.2, 0.25) is 0 Å². The fourth-order valence-corrected chi connectivity index (χ4v) is 4.91. The molecule has 30 heavy (non-hydrogen) atoms. The minimum Gasteiger partial charge on any atom is -0.389 e. The molecule has 7 heteroatoms. The SMILES string of the molecule is CCC(N)=NC(CNC)C1(C)C(O)C(NC(=O)c2cccc3c2CCCC3)CN1C. The van der Waals surface area contributed by atoms with Gasteiger partial charge in [0.05, 0.1) is 29.6 Å². The van der Waals surface area contributed by atoms with E-state index < -0.39 is 11.6 Å². The molecule has 1 aliphatic carbocycles. The number of fused-ring (bicyclic) bond motifs is 1. The maximum atomic E-state index is 13.2. The third-order valence-corrected chi connectivity index (χ3v) is 6.99. The molecule has 1 heterocycles. The van der Waals surface area contributed by atoms with Crippen LogP contribution in [0.25, 0.3) is 0 Å². The van der Waals surface area contributed by atoms with Crippen molar-refractivity contribution in [3.63, 3.8) is 0 Å². The minimum atomic E-state index is -0.766. The lowest BCUT2D eigenvalue weighted by atomic mass is 9.85. The number of carbonyl (C=O) groups excluding carboxylic acids is 1. The van der Waals surface area contributed by atoms with Crippen LogP contribution in [-0.2, 0) is 12.8 Å². The molecule has 1 aromatic carbocycles. The van der Waals surface area contributed by atoms with Crippen LogP contribution in [0.4, 0.5) is 0 Å². The summed E-state index contributed by atoms with van der Waals surface area (Å²) in [5.74, 6) is 0.470. The molecule has 4 atom stereocenters. The van der Waals surface area contributed by atoms with Gasteiger partial charge in [-0.1, -0.05) is 19.1 Å². The molecule has 2 aliphatic rings. The Morgan fingerprint density at radius 2 is 2.13 bits per heavy atom. The molecule has 0 saturated carbocycles. The van der Waals surface area contributed by atoms with Crippen LogP contribution in [0.5, 0.6) is 0 Å². The predicted molar refractivity (Wildman–Crippen MR) is 121 cm³/mol. The Bertz CT molecular complexity index is 796. The number of likely N-dealkylation sites (tertiary alicyclic amines) is 1. The van der Waals surface area contributed by atoms with Gasteiger partial charge in [0.1, 0.15) is 0 Å². The van der Waals surface area contributed by atoms with Gasteiger partial charge in [-0.15, -0.1) is 0 Å². The third-order valence-electron chi connectivity index (χ3n) is 6.99. The van der Waals surface area contributed by atoms with Crippen molar-refractivity contribution in [2.45, 2.75) is 69.7 Å². The molecule has 0 spiro atoms.